The van der Waals surface area contributed by atoms with Gasteiger partial charge in [-0.15, -0.1) is 0 Å². The van der Waals surface area contributed by atoms with Gasteiger partial charge in [-0.2, -0.15) is 0 Å². The Morgan fingerprint density at radius 3 is 2.57 bits per heavy atom. The summed E-state index contributed by atoms with van der Waals surface area (Å²) in [5.41, 5.74) is 1.39. The molecule has 4 aliphatic rings. The Hall–Kier alpha value is -1.45. The third kappa shape index (κ3) is 1.87. The summed E-state index contributed by atoms with van der Waals surface area (Å²) in [5, 5.41) is 13.1. The van der Waals surface area contributed by atoms with Crippen LogP contribution in [0.25, 0.3) is 0 Å². The van der Waals surface area contributed by atoms with E-state index in [1.807, 2.05) is 0 Å². The second-order valence-electron chi connectivity index (χ2n) is 8.49. The highest BCUT2D eigenvalue weighted by Gasteiger charge is 2.60. The number of hydrogen-bond acceptors (Lipinski definition) is 4. The van der Waals surface area contributed by atoms with Crippen LogP contribution >= 0.6 is 0 Å². The lowest BCUT2D eigenvalue weighted by Crippen LogP contribution is -2.53. The molecule has 3 saturated carbocycles. The number of Topliss-reactive ketones (excluding diaryl/α,β-unsaturated/α-hetero) is 1. The van der Waals surface area contributed by atoms with Gasteiger partial charge in [0.05, 0.1) is 5.71 Å². The first-order valence-electron chi connectivity index (χ1n) is 8.90. The van der Waals surface area contributed by atoms with Crippen LogP contribution in [-0.2, 0) is 9.59 Å². The lowest BCUT2D eigenvalue weighted by Gasteiger charge is -2.56. The van der Waals surface area contributed by atoms with Crippen LogP contribution in [0.2, 0.25) is 0 Å². The van der Waals surface area contributed by atoms with E-state index in [1.165, 1.54) is 0 Å². The number of fused-ring (bicyclic) bond motifs is 5. The van der Waals surface area contributed by atoms with Gasteiger partial charge in [-0.1, -0.05) is 19.0 Å². The molecular weight excluding hydrogens is 290 g/mol. The number of rotatable bonds is 0. The van der Waals surface area contributed by atoms with E-state index in [4.69, 9.17) is 0 Å². The monoisotopic (exact) mass is 315 g/mol. The van der Waals surface area contributed by atoms with Crippen molar-refractivity contribution in [2.45, 2.75) is 58.8 Å². The molecule has 0 amide bonds. The minimum absolute atomic E-state index is 0.0780. The summed E-state index contributed by atoms with van der Waals surface area (Å²) in [6, 6.07) is 0. The molecule has 0 saturated heterocycles. The molecule has 4 aliphatic carbocycles. The minimum atomic E-state index is -0.177. The first kappa shape index (κ1) is 15.1. The molecule has 5 atom stereocenters. The molecule has 0 aromatic heterocycles. The predicted molar refractivity (Wildman–Crippen MR) is 86.3 cm³/mol. The van der Waals surface area contributed by atoms with Crippen molar-refractivity contribution in [2.75, 3.05) is 0 Å². The third-order valence-electron chi connectivity index (χ3n) is 7.64. The largest absolute Gasteiger partial charge is 0.411 e. The van der Waals surface area contributed by atoms with Crippen LogP contribution in [0.4, 0.5) is 0 Å². The normalized spacial score (nSPS) is 47.8. The Kier molecular flexibility index (Phi) is 3.14. The quantitative estimate of drug-likeness (QED) is 0.549. The second kappa shape index (κ2) is 4.78. The van der Waals surface area contributed by atoms with E-state index in [0.29, 0.717) is 48.5 Å². The van der Waals surface area contributed by atoms with Crippen LogP contribution in [0.5, 0.6) is 0 Å². The zero-order valence-corrected chi connectivity index (χ0v) is 14.0. The van der Waals surface area contributed by atoms with E-state index in [0.717, 1.165) is 31.3 Å². The molecule has 0 heterocycles. The molecule has 4 heteroatoms. The van der Waals surface area contributed by atoms with E-state index in [-0.39, 0.29) is 16.6 Å². The molecule has 3 fully saturated rings. The highest BCUT2D eigenvalue weighted by atomic mass is 16.4. The first-order chi connectivity index (χ1) is 10.9. The summed E-state index contributed by atoms with van der Waals surface area (Å²) < 4.78 is 0. The molecule has 1 N–H and O–H groups in total. The smallest absolute Gasteiger partial charge is 0.156 e. The van der Waals surface area contributed by atoms with E-state index in [9.17, 15) is 14.8 Å². The van der Waals surface area contributed by atoms with Crippen LogP contribution in [0.3, 0.4) is 0 Å². The topological polar surface area (TPSA) is 66.7 Å². The van der Waals surface area contributed by atoms with Gasteiger partial charge in [0, 0.05) is 18.3 Å². The third-order valence-corrected chi connectivity index (χ3v) is 7.64. The number of carbonyl (C=O) groups excluding carboxylic acids is 2. The van der Waals surface area contributed by atoms with Crippen LogP contribution in [0.15, 0.2) is 16.8 Å². The fourth-order valence-electron chi connectivity index (χ4n) is 6.28. The van der Waals surface area contributed by atoms with Crippen LogP contribution < -0.4 is 0 Å². The van der Waals surface area contributed by atoms with Gasteiger partial charge in [-0.05, 0) is 66.9 Å². The number of oxime groups is 1. The van der Waals surface area contributed by atoms with Crippen LogP contribution in [0, 0.1) is 28.6 Å². The number of hydrogen-bond donors (Lipinski definition) is 1. The zero-order valence-electron chi connectivity index (χ0n) is 14.0. The summed E-state index contributed by atoms with van der Waals surface area (Å²) in [5.74, 6) is 1.88. The highest BCUT2D eigenvalue weighted by Crippen LogP contribution is 2.63. The summed E-state index contributed by atoms with van der Waals surface area (Å²) in [6.07, 6.45) is 7.56. The van der Waals surface area contributed by atoms with Gasteiger partial charge in [0.25, 0.3) is 0 Å². The molecule has 23 heavy (non-hydrogen) atoms. The van der Waals surface area contributed by atoms with Crippen molar-refractivity contribution in [1.82, 2.24) is 0 Å². The van der Waals surface area contributed by atoms with E-state index >= 15 is 0 Å². The summed E-state index contributed by atoms with van der Waals surface area (Å²) in [6.45, 7) is 4.39. The fraction of sp³-hybridized carbons (Fsp3) is 0.737. The standard InChI is InChI=1S/C19H25NO3/c1-18-7-5-11(21)9-15(18)16(20-23)10-12-13-3-4-17(22)19(13,2)8-6-14(12)18/h9,12-14,23H,3-8,10H2,1-2H3/b20-16+. The Morgan fingerprint density at radius 2 is 1.83 bits per heavy atom. The van der Waals surface area contributed by atoms with Gasteiger partial charge in [-0.3, -0.25) is 9.59 Å². The molecule has 0 bridgehead atoms. The SMILES string of the molecule is CC12CCC3C(C/C(=N\O)C4=CC(=O)CCC43C)C1CCC2=O. The minimum Gasteiger partial charge on any atom is -0.411 e. The molecule has 124 valence electrons. The van der Waals surface area contributed by atoms with Gasteiger partial charge in [0.1, 0.15) is 5.78 Å². The number of allylic oxidation sites excluding steroid dienone is 1. The number of nitrogens with zero attached hydrogens (tertiary/aromatic N) is 1. The molecule has 0 aliphatic heterocycles. The average molecular weight is 315 g/mol. The molecule has 0 spiro atoms. The first-order valence-corrected chi connectivity index (χ1v) is 8.90. The van der Waals surface area contributed by atoms with Crippen molar-refractivity contribution in [3.8, 4) is 0 Å². The van der Waals surface area contributed by atoms with Crippen molar-refractivity contribution < 1.29 is 14.8 Å². The molecule has 4 rings (SSSR count). The van der Waals surface area contributed by atoms with Crippen LogP contribution in [0.1, 0.15) is 58.8 Å². The Balaban J connectivity index is 1.79. The molecule has 0 aromatic carbocycles. The van der Waals surface area contributed by atoms with Gasteiger partial charge in [0.2, 0.25) is 0 Å². The zero-order chi connectivity index (χ0) is 16.4. The lowest BCUT2D eigenvalue weighted by atomic mass is 9.47. The van der Waals surface area contributed by atoms with Crippen molar-refractivity contribution >= 4 is 17.3 Å². The molecule has 0 radical (unpaired) electrons. The van der Waals surface area contributed by atoms with E-state index in [1.54, 1.807) is 6.08 Å². The Morgan fingerprint density at radius 1 is 1.09 bits per heavy atom. The predicted octanol–water partition coefficient (Wildman–Crippen LogP) is 3.53. The van der Waals surface area contributed by atoms with E-state index in [2.05, 4.69) is 19.0 Å². The maximum atomic E-state index is 12.4. The number of carbonyl (C=O) groups is 2. The molecule has 5 unspecified atom stereocenters. The van der Waals surface area contributed by atoms with Crippen molar-refractivity contribution in [3.05, 3.63) is 11.6 Å². The Labute approximate surface area is 137 Å². The molecule has 0 aromatic rings. The van der Waals surface area contributed by atoms with Gasteiger partial charge < -0.3 is 5.21 Å². The fourth-order valence-corrected chi connectivity index (χ4v) is 6.28. The van der Waals surface area contributed by atoms with Crippen molar-refractivity contribution in [2.24, 2.45) is 33.7 Å². The van der Waals surface area contributed by atoms with Crippen molar-refractivity contribution in [3.63, 3.8) is 0 Å². The Bertz CT molecular complexity index is 649. The van der Waals surface area contributed by atoms with Gasteiger partial charge in [-0.25, -0.2) is 0 Å². The second-order valence-corrected chi connectivity index (χ2v) is 8.49. The average Bonchev–Trinajstić information content (AvgIpc) is 2.83. The van der Waals surface area contributed by atoms with E-state index < -0.39 is 0 Å². The van der Waals surface area contributed by atoms with Crippen LogP contribution in [-0.4, -0.2) is 22.5 Å². The number of ketones is 2. The maximum Gasteiger partial charge on any atom is 0.156 e. The van der Waals surface area contributed by atoms with Crippen molar-refractivity contribution in [1.29, 1.82) is 0 Å². The maximum absolute atomic E-state index is 12.4. The van der Waals surface area contributed by atoms with Gasteiger partial charge in [0.15, 0.2) is 5.78 Å². The summed E-state index contributed by atoms with van der Waals surface area (Å²) in [4.78, 5) is 24.3. The lowest BCUT2D eigenvalue weighted by molar-refractivity contribution is -0.131. The summed E-state index contributed by atoms with van der Waals surface area (Å²) >= 11 is 0. The molecule has 4 nitrogen and oxygen atoms in total. The molecular formula is C19H25NO3. The summed E-state index contributed by atoms with van der Waals surface area (Å²) in [7, 11) is 0. The highest BCUT2D eigenvalue weighted by molar-refractivity contribution is 6.08. The van der Waals surface area contributed by atoms with Gasteiger partial charge >= 0.3 is 0 Å².